The molecule has 0 radical (unpaired) electrons. The predicted octanol–water partition coefficient (Wildman–Crippen LogP) is 3.04. The normalized spacial score (nSPS) is 10.4. The number of benzene rings is 1. The van der Waals surface area contributed by atoms with Crippen molar-refractivity contribution in [2.24, 2.45) is 0 Å². The number of fused-ring (bicyclic) bond motifs is 1. The van der Waals surface area contributed by atoms with Crippen LogP contribution in [0.3, 0.4) is 0 Å². The number of nitrogens with zero attached hydrogens (tertiary/aromatic N) is 2. The fourth-order valence-corrected chi connectivity index (χ4v) is 1.97. The highest BCUT2D eigenvalue weighted by atomic mass is 79.9. The molecule has 3 nitrogen and oxygen atoms in total. The molecule has 2 rings (SSSR count). The van der Waals surface area contributed by atoms with Gasteiger partial charge in [-0.3, -0.25) is 0 Å². The van der Waals surface area contributed by atoms with E-state index in [4.69, 9.17) is 16.9 Å². The molecule has 0 aliphatic rings. The van der Waals surface area contributed by atoms with Gasteiger partial charge >= 0.3 is 0 Å². The lowest BCUT2D eigenvalue weighted by molar-refractivity contribution is 1.25. The van der Waals surface area contributed by atoms with E-state index in [1.807, 2.05) is 12.1 Å². The maximum absolute atomic E-state index is 8.67. The average Bonchev–Trinajstić information content (AvgIpc) is 2.51. The zero-order valence-corrected chi connectivity index (χ0v) is 9.35. The van der Waals surface area contributed by atoms with E-state index in [0.29, 0.717) is 11.7 Å². The molecule has 1 aromatic carbocycles. The maximum atomic E-state index is 8.67. The summed E-state index contributed by atoms with van der Waals surface area (Å²) < 4.78 is 0.884. The van der Waals surface area contributed by atoms with Gasteiger partial charge in [0.25, 0.3) is 0 Å². The fraction of sp³-hybridized carbons (Fsp3) is 0.111. The lowest BCUT2D eigenvalue weighted by Gasteiger charge is -1.99. The van der Waals surface area contributed by atoms with Gasteiger partial charge < -0.3 is 4.98 Å². The number of halogens is 2. The largest absolute Gasteiger partial charge is 0.329 e. The van der Waals surface area contributed by atoms with Gasteiger partial charge in [0.15, 0.2) is 0 Å². The number of aromatic nitrogens is 2. The Morgan fingerprint density at radius 3 is 3.07 bits per heavy atom. The quantitative estimate of drug-likeness (QED) is 0.866. The van der Waals surface area contributed by atoms with Crippen molar-refractivity contribution >= 4 is 38.6 Å². The zero-order valence-electron chi connectivity index (χ0n) is 7.01. The van der Waals surface area contributed by atoms with E-state index < -0.39 is 0 Å². The second-order valence-corrected chi connectivity index (χ2v) is 4.00. The van der Waals surface area contributed by atoms with Crippen LogP contribution < -0.4 is 0 Å². The highest BCUT2D eigenvalue weighted by molar-refractivity contribution is 9.10. The first-order chi connectivity index (χ1) is 6.72. The molecule has 2 aromatic rings. The molecule has 0 saturated heterocycles. The summed E-state index contributed by atoms with van der Waals surface area (Å²) in [7, 11) is 0. The molecule has 70 valence electrons. The number of hydrogen-bond donors (Lipinski definition) is 1. The first-order valence-electron chi connectivity index (χ1n) is 3.92. The molecule has 0 bridgehead atoms. The van der Waals surface area contributed by atoms with Crippen LogP contribution in [0.1, 0.15) is 5.56 Å². The van der Waals surface area contributed by atoms with E-state index in [1.54, 1.807) is 0 Å². The maximum Gasteiger partial charge on any atom is 0.201 e. The van der Waals surface area contributed by atoms with Crippen LogP contribution in [0, 0.1) is 11.3 Å². The van der Waals surface area contributed by atoms with E-state index in [9.17, 15) is 0 Å². The molecule has 0 atom stereocenters. The molecular weight excluding hydrogens is 265 g/mol. The summed E-state index contributed by atoms with van der Waals surface area (Å²) in [5.74, 6) is 0. The second-order valence-electron chi connectivity index (χ2n) is 2.78. The highest BCUT2D eigenvalue weighted by Crippen LogP contribution is 2.26. The summed E-state index contributed by atoms with van der Waals surface area (Å²) in [5, 5.41) is 9.01. The Kier molecular flexibility index (Phi) is 2.44. The van der Waals surface area contributed by atoms with Gasteiger partial charge in [0, 0.05) is 10.0 Å². The fourth-order valence-electron chi connectivity index (χ4n) is 1.32. The number of nitrogens with one attached hydrogen (secondary N) is 1. The topological polar surface area (TPSA) is 52.5 Å². The average molecular weight is 271 g/mol. The van der Waals surface area contributed by atoms with Crippen molar-refractivity contribution in [1.82, 2.24) is 9.97 Å². The van der Waals surface area contributed by atoms with Crippen molar-refractivity contribution < 1.29 is 0 Å². The number of rotatable bonds is 1. The molecule has 0 spiro atoms. The van der Waals surface area contributed by atoms with E-state index in [1.165, 1.54) is 0 Å². The molecule has 0 aliphatic heterocycles. The SMILES string of the molecule is N#CCc1c(Br)ccc2[nH]c(Cl)nc12. The number of H-pyrrole nitrogens is 1. The van der Waals surface area contributed by atoms with Crippen LogP contribution in [0.25, 0.3) is 11.0 Å². The van der Waals surface area contributed by atoms with Crippen molar-refractivity contribution in [3.05, 3.63) is 27.5 Å². The van der Waals surface area contributed by atoms with Crippen LogP contribution in [0.5, 0.6) is 0 Å². The van der Waals surface area contributed by atoms with Crippen LogP contribution in [0.2, 0.25) is 5.28 Å². The van der Waals surface area contributed by atoms with Crippen LogP contribution in [0.4, 0.5) is 0 Å². The van der Waals surface area contributed by atoms with E-state index in [0.717, 1.165) is 21.1 Å². The molecule has 0 amide bonds. The molecule has 0 saturated carbocycles. The molecule has 0 aliphatic carbocycles. The number of imidazole rings is 1. The summed E-state index contributed by atoms with van der Waals surface area (Å²) in [6, 6.07) is 5.85. The van der Waals surface area contributed by atoms with Crippen LogP contribution in [-0.4, -0.2) is 9.97 Å². The van der Waals surface area contributed by atoms with E-state index in [2.05, 4.69) is 32.0 Å². The Morgan fingerprint density at radius 1 is 1.57 bits per heavy atom. The smallest absolute Gasteiger partial charge is 0.201 e. The summed E-state index contributed by atoms with van der Waals surface area (Å²) >= 11 is 9.12. The van der Waals surface area contributed by atoms with Crippen molar-refractivity contribution in [3.8, 4) is 6.07 Å². The molecule has 0 fully saturated rings. The van der Waals surface area contributed by atoms with Gasteiger partial charge in [0.1, 0.15) is 0 Å². The summed E-state index contributed by atoms with van der Waals surface area (Å²) in [4.78, 5) is 7.03. The minimum atomic E-state index is 0.319. The third-order valence-corrected chi connectivity index (χ3v) is 2.85. The van der Waals surface area contributed by atoms with Gasteiger partial charge in [0.05, 0.1) is 23.5 Å². The highest BCUT2D eigenvalue weighted by Gasteiger charge is 2.09. The van der Waals surface area contributed by atoms with E-state index >= 15 is 0 Å². The van der Waals surface area contributed by atoms with Gasteiger partial charge in [-0.2, -0.15) is 5.26 Å². The van der Waals surface area contributed by atoms with Crippen molar-refractivity contribution in [2.45, 2.75) is 6.42 Å². The second kappa shape index (κ2) is 3.60. The molecule has 14 heavy (non-hydrogen) atoms. The van der Waals surface area contributed by atoms with Crippen LogP contribution >= 0.6 is 27.5 Å². The predicted molar refractivity (Wildman–Crippen MR) is 58.1 cm³/mol. The Balaban J connectivity index is 2.76. The zero-order chi connectivity index (χ0) is 10.1. The van der Waals surface area contributed by atoms with Crippen molar-refractivity contribution in [2.75, 3.05) is 0 Å². The first kappa shape index (κ1) is 9.50. The molecular formula is C9H5BrClN3. The Bertz CT molecular complexity index is 527. The van der Waals surface area contributed by atoms with Crippen LogP contribution in [-0.2, 0) is 6.42 Å². The first-order valence-corrected chi connectivity index (χ1v) is 5.09. The standard InChI is InChI=1S/C9H5BrClN3/c10-6-1-2-7-8(5(6)3-4-12)14-9(11)13-7/h1-2H,3H2,(H,13,14). The molecule has 1 aromatic heterocycles. The lowest BCUT2D eigenvalue weighted by atomic mass is 10.1. The molecule has 0 unspecified atom stereocenters. The van der Waals surface area contributed by atoms with Gasteiger partial charge in [-0.05, 0) is 23.7 Å². The monoisotopic (exact) mass is 269 g/mol. The molecule has 1 heterocycles. The minimum absolute atomic E-state index is 0.319. The van der Waals surface area contributed by atoms with Gasteiger partial charge in [-0.25, -0.2) is 4.98 Å². The third kappa shape index (κ3) is 1.49. The van der Waals surface area contributed by atoms with Gasteiger partial charge in [-0.15, -0.1) is 0 Å². The number of hydrogen-bond acceptors (Lipinski definition) is 2. The lowest BCUT2D eigenvalue weighted by Crippen LogP contribution is -1.86. The van der Waals surface area contributed by atoms with E-state index in [-0.39, 0.29) is 0 Å². The summed E-state index contributed by atoms with van der Waals surface area (Å²) in [6.45, 7) is 0. The number of aromatic amines is 1. The molecule has 1 N–H and O–H groups in total. The third-order valence-electron chi connectivity index (χ3n) is 1.93. The Morgan fingerprint density at radius 2 is 2.36 bits per heavy atom. The Hall–Kier alpha value is -1.05. The summed E-state index contributed by atoms with van der Waals surface area (Å²) in [6.07, 6.45) is 0.319. The Labute approximate surface area is 93.8 Å². The van der Waals surface area contributed by atoms with Gasteiger partial charge in [0.2, 0.25) is 5.28 Å². The minimum Gasteiger partial charge on any atom is -0.329 e. The summed E-state index contributed by atoms with van der Waals surface area (Å²) in [5.41, 5.74) is 2.47. The van der Waals surface area contributed by atoms with Crippen molar-refractivity contribution in [3.63, 3.8) is 0 Å². The van der Waals surface area contributed by atoms with Crippen LogP contribution in [0.15, 0.2) is 16.6 Å². The van der Waals surface area contributed by atoms with Gasteiger partial charge in [-0.1, -0.05) is 15.9 Å². The van der Waals surface area contributed by atoms with Crippen molar-refractivity contribution in [1.29, 1.82) is 5.26 Å². The molecule has 5 heteroatoms. The number of nitriles is 1.